The lowest BCUT2D eigenvalue weighted by molar-refractivity contribution is -0.537. The van der Waals surface area contributed by atoms with E-state index in [4.69, 9.17) is 11.1 Å². The van der Waals surface area contributed by atoms with Gasteiger partial charge in [0.15, 0.2) is 5.04 Å². The van der Waals surface area contributed by atoms with Crippen LogP contribution < -0.4 is 11.1 Å². The number of nitrogens with two attached hydrogens (primary N) is 1. The number of aromatic nitrogens is 1. The van der Waals surface area contributed by atoms with Crippen molar-refractivity contribution in [2.75, 3.05) is 32.7 Å². The molecule has 32 heavy (non-hydrogen) atoms. The van der Waals surface area contributed by atoms with E-state index >= 15 is 0 Å². The molecule has 1 saturated heterocycles. The maximum absolute atomic E-state index is 12.8. The zero-order valence-corrected chi connectivity index (χ0v) is 20.3. The summed E-state index contributed by atoms with van der Waals surface area (Å²) >= 11 is 1.07. The van der Waals surface area contributed by atoms with E-state index < -0.39 is 0 Å². The van der Waals surface area contributed by atoms with E-state index in [-0.39, 0.29) is 17.0 Å². The van der Waals surface area contributed by atoms with Crippen LogP contribution in [0.25, 0.3) is 10.9 Å². The molecule has 0 bridgehead atoms. The molecular weight excluding hydrogens is 420 g/mol. The molecule has 2 heterocycles. The first-order valence-corrected chi connectivity index (χ1v) is 12.4. The van der Waals surface area contributed by atoms with Gasteiger partial charge in [-0.3, -0.25) is 25.4 Å². The maximum Gasteiger partial charge on any atom is 0.310 e. The number of hydrogen-bond donors (Lipinski definition) is 4. The Morgan fingerprint density at radius 1 is 1.28 bits per heavy atom. The second-order valence-corrected chi connectivity index (χ2v) is 9.93. The number of amidine groups is 1. The van der Waals surface area contributed by atoms with E-state index in [0.717, 1.165) is 69.3 Å². The molecule has 1 unspecified atom stereocenters. The van der Waals surface area contributed by atoms with Crippen molar-refractivity contribution in [3.63, 3.8) is 0 Å². The average Bonchev–Trinajstić information content (AvgIpc) is 3.20. The van der Waals surface area contributed by atoms with E-state index in [0.29, 0.717) is 11.1 Å². The molecule has 1 amide bonds. The summed E-state index contributed by atoms with van der Waals surface area (Å²) < 4.78 is 2.07. The molecule has 1 aromatic heterocycles. The Labute approximate surface area is 195 Å². The molecule has 1 aliphatic rings. The van der Waals surface area contributed by atoms with E-state index in [1.54, 1.807) is 0 Å². The SMILES string of the molecule is CCN1CC[N+](=C(N)SC(=N)C(=O)NC(CCC(C)C)Cc2c[nH]c3ccccc23)CC1. The highest BCUT2D eigenvalue weighted by molar-refractivity contribution is 8.27. The summed E-state index contributed by atoms with van der Waals surface area (Å²) in [6, 6.07) is 8.19. The normalized spacial score (nSPS) is 15.8. The number of thioether (sulfide) groups is 1. The number of hydrogen-bond acceptors (Lipinski definition) is 4. The molecule has 0 saturated carbocycles. The summed E-state index contributed by atoms with van der Waals surface area (Å²) in [6.07, 6.45) is 4.66. The van der Waals surface area contributed by atoms with Crippen LogP contribution in [-0.2, 0) is 11.2 Å². The highest BCUT2D eigenvalue weighted by atomic mass is 32.2. The van der Waals surface area contributed by atoms with Crippen molar-refractivity contribution < 1.29 is 9.37 Å². The fraction of sp³-hybridized carbons (Fsp3) is 0.542. The first-order chi connectivity index (χ1) is 15.4. The summed E-state index contributed by atoms with van der Waals surface area (Å²) in [7, 11) is 0. The average molecular weight is 458 g/mol. The summed E-state index contributed by atoms with van der Waals surface area (Å²) in [5, 5.41) is 13.1. The monoisotopic (exact) mass is 457 g/mol. The van der Waals surface area contributed by atoms with Crippen molar-refractivity contribution in [3.8, 4) is 0 Å². The van der Waals surface area contributed by atoms with Crippen LogP contribution in [0.1, 0.15) is 39.2 Å². The Bertz CT molecular complexity index is 956. The smallest absolute Gasteiger partial charge is 0.310 e. The molecule has 2 aromatic rings. The van der Waals surface area contributed by atoms with Crippen LogP contribution in [0, 0.1) is 11.3 Å². The largest absolute Gasteiger partial charge is 0.361 e. The summed E-state index contributed by atoms with van der Waals surface area (Å²) in [6.45, 7) is 11.2. The molecule has 1 atom stereocenters. The van der Waals surface area contributed by atoms with Gasteiger partial charge in [-0.25, -0.2) is 0 Å². The Morgan fingerprint density at radius 3 is 2.69 bits per heavy atom. The molecule has 0 spiro atoms. The highest BCUT2D eigenvalue weighted by Gasteiger charge is 2.24. The van der Waals surface area contributed by atoms with Crippen LogP contribution in [0.2, 0.25) is 0 Å². The van der Waals surface area contributed by atoms with E-state index in [1.165, 1.54) is 10.9 Å². The Hall–Kier alpha value is -2.32. The number of H-pyrrole nitrogens is 1. The third kappa shape index (κ3) is 6.59. The Balaban J connectivity index is 1.63. The second-order valence-electron chi connectivity index (χ2n) is 8.90. The zero-order valence-electron chi connectivity index (χ0n) is 19.5. The van der Waals surface area contributed by atoms with Crippen molar-refractivity contribution in [3.05, 3.63) is 36.0 Å². The van der Waals surface area contributed by atoms with Gasteiger partial charge >= 0.3 is 5.17 Å². The quantitative estimate of drug-likeness (QED) is 0.292. The molecule has 1 fully saturated rings. The van der Waals surface area contributed by atoms with Gasteiger partial charge in [0, 0.05) is 48.0 Å². The Kier molecular flexibility index (Phi) is 8.75. The number of amides is 1. The molecule has 0 radical (unpaired) electrons. The number of nitrogens with zero attached hydrogens (tertiary/aromatic N) is 2. The van der Waals surface area contributed by atoms with Crippen molar-refractivity contribution in [2.24, 2.45) is 11.7 Å². The van der Waals surface area contributed by atoms with Crippen LogP contribution in [0.3, 0.4) is 0 Å². The molecular formula is C24H37N6OS+. The minimum absolute atomic E-state index is 0.0284. The third-order valence-electron chi connectivity index (χ3n) is 6.11. The first-order valence-electron chi connectivity index (χ1n) is 11.6. The maximum atomic E-state index is 12.8. The highest BCUT2D eigenvalue weighted by Crippen LogP contribution is 2.21. The van der Waals surface area contributed by atoms with Gasteiger partial charge in [-0.15, -0.1) is 0 Å². The molecule has 5 N–H and O–H groups in total. The lowest BCUT2D eigenvalue weighted by Gasteiger charge is -2.26. The third-order valence-corrected chi connectivity index (χ3v) is 6.97. The number of para-hydroxylation sites is 1. The topological polar surface area (TPSA) is 101 Å². The summed E-state index contributed by atoms with van der Waals surface area (Å²) in [5.41, 5.74) is 8.53. The minimum Gasteiger partial charge on any atom is -0.361 e. The van der Waals surface area contributed by atoms with Crippen molar-refractivity contribution in [2.45, 2.75) is 46.1 Å². The predicted molar refractivity (Wildman–Crippen MR) is 135 cm³/mol. The fourth-order valence-electron chi connectivity index (χ4n) is 4.08. The number of fused-ring (bicyclic) bond motifs is 1. The standard InChI is InChI=1S/C24H36N6OS/c1-4-29-11-13-30(14-12-29)24(26)32-22(25)23(31)28-19(10-9-17(2)3)15-18-16-27-21-8-6-5-7-20(18)21/h5-8,16-17,19,25-27H,4,9-15H2,1-3H3,(H,28,31)/p+1. The van der Waals surface area contributed by atoms with E-state index in [2.05, 4.69) is 52.7 Å². The molecule has 3 rings (SSSR count). The van der Waals surface area contributed by atoms with E-state index in [1.807, 2.05) is 18.3 Å². The van der Waals surface area contributed by atoms with Crippen molar-refractivity contribution >= 4 is 38.8 Å². The van der Waals surface area contributed by atoms with Crippen LogP contribution in [0.15, 0.2) is 30.5 Å². The van der Waals surface area contributed by atoms with Crippen LogP contribution in [0.4, 0.5) is 0 Å². The van der Waals surface area contributed by atoms with Gasteiger partial charge in [-0.2, -0.15) is 0 Å². The minimum atomic E-state index is -0.348. The molecule has 174 valence electrons. The summed E-state index contributed by atoms with van der Waals surface area (Å²) in [5.74, 6) is 0.204. The molecule has 0 aliphatic carbocycles. The number of benzene rings is 1. The van der Waals surface area contributed by atoms with Crippen LogP contribution in [0.5, 0.6) is 0 Å². The van der Waals surface area contributed by atoms with Gasteiger partial charge < -0.3 is 10.3 Å². The number of aromatic amines is 1. The van der Waals surface area contributed by atoms with Gasteiger partial charge in [0.2, 0.25) is 0 Å². The molecule has 7 nitrogen and oxygen atoms in total. The van der Waals surface area contributed by atoms with Gasteiger partial charge in [0.25, 0.3) is 5.91 Å². The number of rotatable bonds is 7. The van der Waals surface area contributed by atoms with Gasteiger partial charge in [0.1, 0.15) is 0 Å². The van der Waals surface area contributed by atoms with Crippen molar-refractivity contribution in [1.29, 1.82) is 5.41 Å². The lowest BCUT2D eigenvalue weighted by atomic mass is 9.97. The van der Waals surface area contributed by atoms with Gasteiger partial charge in [-0.05, 0) is 43.4 Å². The van der Waals surface area contributed by atoms with Crippen molar-refractivity contribution in [1.82, 2.24) is 15.2 Å². The van der Waals surface area contributed by atoms with Crippen LogP contribution in [-0.4, -0.2) is 69.3 Å². The second kappa shape index (κ2) is 11.5. The number of piperazine rings is 1. The van der Waals surface area contributed by atoms with Crippen LogP contribution >= 0.6 is 11.8 Å². The lowest BCUT2D eigenvalue weighted by Crippen LogP contribution is -2.45. The van der Waals surface area contributed by atoms with Gasteiger partial charge in [0.05, 0.1) is 13.1 Å². The number of carbonyl (C=O) groups excluding carboxylic acids is 1. The predicted octanol–water partition coefficient (Wildman–Crippen LogP) is 3.00. The first kappa shape index (κ1) is 24.3. The fourth-order valence-corrected chi connectivity index (χ4v) is 4.75. The van der Waals surface area contributed by atoms with Gasteiger partial charge in [-0.1, -0.05) is 39.0 Å². The molecule has 1 aromatic carbocycles. The number of carbonyl (C=O) groups is 1. The number of likely N-dealkylation sites (N-methyl/N-ethyl adjacent to an activating group) is 1. The zero-order chi connectivity index (χ0) is 23.1. The van der Waals surface area contributed by atoms with E-state index in [9.17, 15) is 4.79 Å². The Morgan fingerprint density at radius 2 is 2.00 bits per heavy atom. The number of nitrogens with one attached hydrogen (secondary N) is 3. The molecule has 8 heteroatoms. The summed E-state index contributed by atoms with van der Waals surface area (Å²) in [4.78, 5) is 18.5. The molecule has 1 aliphatic heterocycles.